The first kappa shape index (κ1) is 16.8. The maximum atomic E-state index is 12.7. The summed E-state index contributed by atoms with van der Waals surface area (Å²) in [6, 6.07) is 27.2. The lowest BCUT2D eigenvalue weighted by Crippen LogP contribution is -2.32. The fraction of sp³-hybridized carbons (Fsp3) is 0.136. The molecule has 3 nitrogen and oxygen atoms in total. The second kappa shape index (κ2) is 8.15. The van der Waals surface area contributed by atoms with Crippen molar-refractivity contribution in [1.82, 2.24) is 0 Å². The summed E-state index contributed by atoms with van der Waals surface area (Å²) in [4.78, 5) is 12.7. The summed E-state index contributed by atoms with van der Waals surface area (Å²) in [5.74, 6) is 0.551. The zero-order chi connectivity index (χ0) is 17.5. The number of hydrogen-bond acceptors (Lipinski definition) is 2. The predicted molar refractivity (Wildman–Crippen MR) is 102 cm³/mol. The highest BCUT2D eigenvalue weighted by atomic mass is 16.5. The molecule has 0 radical (unpaired) electrons. The number of anilines is 1. The van der Waals surface area contributed by atoms with Gasteiger partial charge in [0, 0.05) is 11.3 Å². The third-order valence-corrected chi connectivity index (χ3v) is 3.95. The molecule has 0 aliphatic carbocycles. The Kier molecular flexibility index (Phi) is 5.47. The molecule has 3 rings (SSSR count). The topological polar surface area (TPSA) is 38.3 Å². The fourth-order valence-corrected chi connectivity index (χ4v) is 2.66. The molecule has 0 saturated heterocycles. The van der Waals surface area contributed by atoms with Crippen molar-refractivity contribution in [3.8, 4) is 16.9 Å². The van der Waals surface area contributed by atoms with E-state index in [1.165, 1.54) is 0 Å². The number of carbonyl (C=O) groups is 1. The lowest BCUT2D eigenvalue weighted by molar-refractivity contribution is -0.122. The predicted octanol–water partition coefficient (Wildman–Crippen LogP) is 5.15. The van der Waals surface area contributed by atoms with Crippen molar-refractivity contribution >= 4 is 11.6 Å². The van der Waals surface area contributed by atoms with Crippen LogP contribution in [-0.4, -0.2) is 12.0 Å². The van der Waals surface area contributed by atoms with E-state index in [-0.39, 0.29) is 5.91 Å². The van der Waals surface area contributed by atoms with Crippen LogP contribution in [0.4, 0.5) is 5.69 Å². The van der Waals surface area contributed by atoms with Crippen molar-refractivity contribution in [3.63, 3.8) is 0 Å². The van der Waals surface area contributed by atoms with Gasteiger partial charge in [0.25, 0.3) is 5.91 Å². The first-order valence-corrected chi connectivity index (χ1v) is 8.45. The molecule has 0 aliphatic rings. The van der Waals surface area contributed by atoms with E-state index in [1.807, 2.05) is 91.9 Å². The van der Waals surface area contributed by atoms with E-state index in [1.54, 1.807) is 0 Å². The zero-order valence-electron chi connectivity index (χ0n) is 14.2. The molecule has 0 heterocycles. The Balaban J connectivity index is 1.78. The molecule has 25 heavy (non-hydrogen) atoms. The number of carbonyl (C=O) groups excluding carboxylic acids is 1. The summed E-state index contributed by atoms with van der Waals surface area (Å²) in [7, 11) is 0. The lowest BCUT2D eigenvalue weighted by Gasteiger charge is -2.18. The second-order valence-electron chi connectivity index (χ2n) is 5.73. The Morgan fingerprint density at radius 2 is 1.48 bits per heavy atom. The molecule has 3 aromatic carbocycles. The highest BCUT2D eigenvalue weighted by Gasteiger charge is 2.19. The van der Waals surface area contributed by atoms with Gasteiger partial charge in [-0.25, -0.2) is 0 Å². The van der Waals surface area contributed by atoms with Crippen molar-refractivity contribution in [2.45, 2.75) is 19.4 Å². The van der Waals surface area contributed by atoms with Crippen LogP contribution in [-0.2, 0) is 4.79 Å². The van der Waals surface area contributed by atoms with E-state index in [9.17, 15) is 4.79 Å². The average Bonchev–Trinajstić information content (AvgIpc) is 2.68. The summed E-state index contributed by atoms with van der Waals surface area (Å²) < 4.78 is 5.83. The van der Waals surface area contributed by atoms with Gasteiger partial charge in [0.15, 0.2) is 6.10 Å². The average molecular weight is 331 g/mol. The van der Waals surface area contributed by atoms with Crippen LogP contribution in [0.25, 0.3) is 11.1 Å². The van der Waals surface area contributed by atoms with Crippen LogP contribution in [0.5, 0.6) is 5.75 Å². The highest BCUT2D eigenvalue weighted by molar-refractivity contribution is 5.98. The first-order valence-electron chi connectivity index (χ1n) is 8.45. The van der Waals surface area contributed by atoms with Crippen molar-refractivity contribution < 1.29 is 9.53 Å². The molecule has 126 valence electrons. The minimum atomic E-state index is -0.536. The molecule has 1 atom stereocenters. The van der Waals surface area contributed by atoms with Gasteiger partial charge in [0.05, 0.1) is 0 Å². The smallest absolute Gasteiger partial charge is 0.265 e. The van der Waals surface area contributed by atoms with E-state index in [4.69, 9.17) is 4.74 Å². The van der Waals surface area contributed by atoms with E-state index in [0.29, 0.717) is 12.2 Å². The largest absolute Gasteiger partial charge is 0.481 e. The van der Waals surface area contributed by atoms with Crippen LogP contribution in [0.15, 0.2) is 84.9 Å². The number of rotatable bonds is 6. The van der Waals surface area contributed by atoms with E-state index < -0.39 is 6.10 Å². The highest BCUT2D eigenvalue weighted by Crippen LogP contribution is 2.28. The SMILES string of the molecule is CC[C@H](Oc1ccccc1)C(=O)Nc1ccccc1-c1ccccc1. The minimum Gasteiger partial charge on any atom is -0.481 e. The first-order chi connectivity index (χ1) is 12.3. The molecular formula is C22H21NO2. The van der Waals surface area contributed by atoms with Gasteiger partial charge in [-0.05, 0) is 30.2 Å². The Bertz CT molecular complexity index is 816. The Morgan fingerprint density at radius 1 is 0.880 bits per heavy atom. The molecular weight excluding hydrogens is 310 g/mol. The van der Waals surface area contributed by atoms with Gasteiger partial charge in [-0.1, -0.05) is 73.7 Å². The van der Waals surface area contributed by atoms with Gasteiger partial charge < -0.3 is 10.1 Å². The summed E-state index contributed by atoms with van der Waals surface area (Å²) in [6.45, 7) is 1.94. The summed E-state index contributed by atoms with van der Waals surface area (Å²) in [5, 5.41) is 3.02. The molecule has 3 heteroatoms. The van der Waals surface area contributed by atoms with Crippen LogP contribution in [0.2, 0.25) is 0 Å². The van der Waals surface area contributed by atoms with Crippen LogP contribution >= 0.6 is 0 Å². The lowest BCUT2D eigenvalue weighted by atomic mass is 10.0. The van der Waals surface area contributed by atoms with Crippen molar-refractivity contribution in [3.05, 3.63) is 84.9 Å². The maximum absolute atomic E-state index is 12.7. The minimum absolute atomic E-state index is 0.144. The van der Waals surface area contributed by atoms with Crippen molar-refractivity contribution in [2.24, 2.45) is 0 Å². The molecule has 0 saturated carbocycles. The van der Waals surface area contributed by atoms with E-state index in [2.05, 4.69) is 5.32 Å². The number of para-hydroxylation sites is 2. The van der Waals surface area contributed by atoms with Crippen LogP contribution < -0.4 is 10.1 Å². The van der Waals surface area contributed by atoms with Gasteiger partial charge in [0.1, 0.15) is 5.75 Å². The Morgan fingerprint density at radius 3 is 2.16 bits per heavy atom. The van der Waals surface area contributed by atoms with Gasteiger partial charge in [-0.3, -0.25) is 4.79 Å². The number of benzene rings is 3. The molecule has 0 aromatic heterocycles. The zero-order valence-corrected chi connectivity index (χ0v) is 14.2. The summed E-state index contributed by atoms with van der Waals surface area (Å²) >= 11 is 0. The third kappa shape index (κ3) is 4.27. The van der Waals surface area contributed by atoms with Gasteiger partial charge in [0.2, 0.25) is 0 Å². The van der Waals surface area contributed by atoms with E-state index in [0.717, 1.165) is 16.8 Å². The van der Waals surface area contributed by atoms with Gasteiger partial charge >= 0.3 is 0 Å². The number of amides is 1. The Labute approximate surface area is 148 Å². The van der Waals surface area contributed by atoms with E-state index >= 15 is 0 Å². The molecule has 0 bridgehead atoms. The molecule has 3 aromatic rings. The molecule has 0 unspecified atom stereocenters. The summed E-state index contributed by atoms with van der Waals surface area (Å²) in [5.41, 5.74) is 2.84. The second-order valence-corrected chi connectivity index (χ2v) is 5.73. The maximum Gasteiger partial charge on any atom is 0.265 e. The molecule has 0 fully saturated rings. The number of nitrogens with one attached hydrogen (secondary N) is 1. The van der Waals surface area contributed by atoms with Crippen molar-refractivity contribution in [2.75, 3.05) is 5.32 Å². The van der Waals surface area contributed by atoms with Crippen LogP contribution in [0.1, 0.15) is 13.3 Å². The summed E-state index contributed by atoms with van der Waals surface area (Å²) in [6.07, 6.45) is 0.0556. The van der Waals surface area contributed by atoms with Crippen molar-refractivity contribution in [1.29, 1.82) is 0 Å². The standard InChI is InChI=1S/C22H21NO2/c1-2-21(25-18-13-7-4-8-14-18)22(24)23-20-16-10-9-15-19(20)17-11-5-3-6-12-17/h3-16,21H,2H2,1H3,(H,23,24)/t21-/m0/s1. The number of ether oxygens (including phenoxy) is 1. The molecule has 0 aliphatic heterocycles. The monoisotopic (exact) mass is 331 g/mol. The molecule has 1 amide bonds. The van der Waals surface area contributed by atoms with Gasteiger partial charge in [-0.2, -0.15) is 0 Å². The molecule has 1 N–H and O–H groups in total. The third-order valence-electron chi connectivity index (χ3n) is 3.95. The quantitative estimate of drug-likeness (QED) is 0.678. The Hall–Kier alpha value is -3.07. The number of hydrogen-bond donors (Lipinski definition) is 1. The van der Waals surface area contributed by atoms with Gasteiger partial charge in [-0.15, -0.1) is 0 Å². The van der Waals surface area contributed by atoms with Crippen LogP contribution in [0, 0.1) is 0 Å². The molecule has 0 spiro atoms. The fourth-order valence-electron chi connectivity index (χ4n) is 2.66. The normalized spacial score (nSPS) is 11.6. The van der Waals surface area contributed by atoms with Crippen LogP contribution in [0.3, 0.4) is 0 Å².